The fraction of sp³-hybridized carbons (Fsp3) is 0.533. The number of hydrogen-bond acceptors (Lipinski definition) is 1. The van der Waals surface area contributed by atoms with Crippen LogP contribution < -0.4 is 0 Å². The van der Waals surface area contributed by atoms with E-state index < -0.39 is 0 Å². The zero-order chi connectivity index (χ0) is 13.1. The summed E-state index contributed by atoms with van der Waals surface area (Å²) in [5.41, 5.74) is 3.01. The molecule has 2 heteroatoms. The Labute approximate surface area is 114 Å². The maximum absolute atomic E-state index is 4.83. The summed E-state index contributed by atoms with van der Waals surface area (Å²) in [7, 11) is 0. The summed E-state index contributed by atoms with van der Waals surface area (Å²) >= 11 is -0.390. The van der Waals surface area contributed by atoms with Gasteiger partial charge in [-0.25, -0.2) is 0 Å². The van der Waals surface area contributed by atoms with Crippen LogP contribution in [0.2, 0.25) is 0 Å². The monoisotopic (exact) mass is 315 g/mol. The standard InChI is InChI=1S/C10H13N.C5H10.Mo/c1-10(2,3)8-6-4-5-7-9(8)11;1-5(2,3)4;/h4-7H,1-3H3;1H,2-4H3;/q;;+2. The maximum atomic E-state index is 4.83. The molecule has 0 fully saturated rings. The summed E-state index contributed by atoms with van der Waals surface area (Å²) in [5.74, 6) is 0. The fourth-order valence-corrected chi connectivity index (χ4v) is 3.01. The van der Waals surface area contributed by atoms with E-state index in [2.05, 4.69) is 70.2 Å². The second-order valence-corrected chi connectivity index (χ2v) is 7.99. The van der Waals surface area contributed by atoms with Crippen LogP contribution in [-0.2, 0) is 23.3 Å². The molecule has 0 bridgehead atoms. The van der Waals surface area contributed by atoms with Gasteiger partial charge in [0.15, 0.2) is 0 Å². The summed E-state index contributed by atoms with van der Waals surface area (Å²) in [6.07, 6.45) is 0. The predicted molar refractivity (Wildman–Crippen MR) is 72.7 cm³/mol. The van der Waals surface area contributed by atoms with E-state index in [1.165, 1.54) is 11.3 Å². The molecule has 0 aliphatic rings. The molecule has 0 saturated carbocycles. The van der Waals surface area contributed by atoms with E-state index >= 15 is 0 Å². The van der Waals surface area contributed by atoms with E-state index in [1.807, 2.05) is 0 Å². The third-order valence-electron chi connectivity index (χ3n) is 2.27. The molecular formula is C15H23MoN+2. The number of nitrogens with zero attached hydrogens (tertiary/aromatic N) is 1. The summed E-state index contributed by atoms with van der Waals surface area (Å²) < 4.78 is 7.22. The Morgan fingerprint density at radius 2 is 1.59 bits per heavy atom. The molecule has 0 amide bonds. The minimum absolute atomic E-state index is 0.175. The molecule has 0 aromatic heterocycles. The second kappa shape index (κ2) is 5.48. The van der Waals surface area contributed by atoms with Crippen molar-refractivity contribution >= 4 is 10.1 Å². The van der Waals surface area contributed by atoms with Crippen LogP contribution in [0.3, 0.4) is 0 Å². The van der Waals surface area contributed by atoms with Gasteiger partial charge in [-0.2, -0.15) is 0 Å². The first-order valence-electron chi connectivity index (χ1n) is 6.01. The van der Waals surface area contributed by atoms with Crippen LogP contribution >= 0.6 is 0 Å². The number of hydrogen-bond donors (Lipinski definition) is 0. The molecule has 1 rings (SSSR count). The molecular weight excluding hydrogens is 290 g/mol. The van der Waals surface area contributed by atoms with Gasteiger partial charge in [-0.1, -0.05) is 0 Å². The molecule has 0 saturated heterocycles. The molecule has 0 radical (unpaired) electrons. The van der Waals surface area contributed by atoms with E-state index in [4.69, 9.17) is 3.50 Å². The Bertz CT molecular complexity index is 441. The van der Waals surface area contributed by atoms with E-state index in [0.29, 0.717) is 5.41 Å². The van der Waals surface area contributed by atoms with Crippen molar-refractivity contribution in [2.24, 2.45) is 8.91 Å². The van der Waals surface area contributed by atoms with Crippen LogP contribution in [0, 0.1) is 5.41 Å². The predicted octanol–water partition coefficient (Wildman–Crippen LogP) is 4.73. The van der Waals surface area contributed by atoms with Gasteiger partial charge in [-0.3, -0.25) is 0 Å². The summed E-state index contributed by atoms with van der Waals surface area (Å²) in [5, 5.41) is 0. The molecule has 1 aromatic carbocycles. The molecule has 92 valence electrons. The van der Waals surface area contributed by atoms with Crippen LogP contribution in [0.1, 0.15) is 47.1 Å². The SMILES string of the molecule is CC(C)(C)[CH]=[Mo+2]=[N]c1ccccc1C(C)(C)C. The topological polar surface area (TPSA) is 12.4 Å². The fourth-order valence-electron chi connectivity index (χ4n) is 1.43. The first-order valence-corrected chi connectivity index (χ1v) is 8.06. The van der Waals surface area contributed by atoms with Gasteiger partial charge in [0.25, 0.3) is 0 Å². The van der Waals surface area contributed by atoms with Crippen molar-refractivity contribution in [3.05, 3.63) is 29.8 Å². The van der Waals surface area contributed by atoms with Gasteiger partial charge in [0, 0.05) is 0 Å². The van der Waals surface area contributed by atoms with Crippen molar-refractivity contribution in [2.75, 3.05) is 0 Å². The zero-order valence-corrected chi connectivity index (χ0v) is 13.7. The van der Waals surface area contributed by atoms with E-state index in [0.717, 1.165) is 0 Å². The van der Waals surface area contributed by atoms with E-state index in [-0.39, 0.29) is 23.3 Å². The van der Waals surface area contributed by atoms with Crippen LogP contribution in [0.5, 0.6) is 0 Å². The van der Waals surface area contributed by atoms with Gasteiger partial charge in [-0.05, 0) is 0 Å². The van der Waals surface area contributed by atoms with Gasteiger partial charge in [0.2, 0.25) is 0 Å². The van der Waals surface area contributed by atoms with Crippen LogP contribution in [0.25, 0.3) is 0 Å². The van der Waals surface area contributed by atoms with Crippen LogP contribution in [-0.4, -0.2) is 4.40 Å². The average molecular weight is 313 g/mol. The average Bonchev–Trinajstić information content (AvgIpc) is 2.15. The van der Waals surface area contributed by atoms with Gasteiger partial charge in [-0.15, -0.1) is 0 Å². The summed E-state index contributed by atoms with van der Waals surface area (Å²) in [6, 6.07) is 8.52. The third-order valence-corrected chi connectivity index (χ3v) is 5.01. The molecule has 1 aromatic rings. The van der Waals surface area contributed by atoms with E-state index in [9.17, 15) is 0 Å². The van der Waals surface area contributed by atoms with Gasteiger partial charge in [0.05, 0.1) is 0 Å². The molecule has 0 aliphatic carbocycles. The Balaban J connectivity index is 3.13. The normalized spacial score (nSPS) is 11.9. The molecule has 1 nitrogen and oxygen atoms in total. The Morgan fingerprint density at radius 1 is 1.00 bits per heavy atom. The van der Waals surface area contributed by atoms with Gasteiger partial charge < -0.3 is 0 Å². The number of benzene rings is 1. The molecule has 0 N–H and O–H groups in total. The van der Waals surface area contributed by atoms with Crippen molar-refractivity contribution in [1.82, 2.24) is 0 Å². The molecule has 0 heterocycles. The summed E-state index contributed by atoms with van der Waals surface area (Å²) in [6.45, 7) is 13.5. The Morgan fingerprint density at radius 3 is 2.12 bits per heavy atom. The Hall–Kier alpha value is -0.422. The third kappa shape index (κ3) is 5.17. The van der Waals surface area contributed by atoms with Crippen LogP contribution in [0.15, 0.2) is 27.8 Å². The van der Waals surface area contributed by atoms with Crippen molar-refractivity contribution in [2.45, 2.75) is 47.0 Å². The van der Waals surface area contributed by atoms with Gasteiger partial charge >= 0.3 is 114 Å². The van der Waals surface area contributed by atoms with Crippen molar-refractivity contribution in [3.8, 4) is 0 Å². The van der Waals surface area contributed by atoms with E-state index in [1.54, 1.807) is 0 Å². The quantitative estimate of drug-likeness (QED) is 0.665. The molecule has 0 aliphatic heterocycles. The zero-order valence-electron chi connectivity index (χ0n) is 11.7. The molecule has 0 unspecified atom stereocenters. The van der Waals surface area contributed by atoms with Crippen molar-refractivity contribution < 1.29 is 17.9 Å². The first-order chi connectivity index (χ1) is 7.70. The van der Waals surface area contributed by atoms with Crippen molar-refractivity contribution in [3.63, 3.8) is 0 Å². The van der Waals surface area contributed by atoms with Crippen molar-refractivity contribution in [1.29, 1.82) is 0 Å². The molecule has 0 spiro atoms. The second-order valence-electron chi connectivity index (χ2n) is 6.45. The molecule has 0 atom stereocenters. The summed E-state index contributed by atoms with van der Waals surface area (Å²) in [4.78, 5) is 0. The number of rotatable bonds is 1. The molecule has 17 heavy (non-hydrogen) atoms. The van der Waals surface area contributed by atoms with Crippen LogP contribution in [0.4, 0.5) is 5.69 Å². The van der Waals surface area contributed by atoms with Gasteiger partial charge in [0.1, 0.15) is 0 Å². The first kappa shape index (κ1) is 14.6. The Kier molecular flexibility index (Phi) is 4.72. The minimum atomic E-state index is -0.390.